The molecule has 6 heteroatoms. The van der Waals surface area contributed by atoms with E-state index in [1.165, 1.54) is 0 Å². The van der Waals surface area contributed by atoms with Crippen molar-refractivity contribution >= 4 is 16.8 Å². The lowest BCUT2D eigenvalue weighted by Crippen LogP contribution is -2.18. The van der Waals surface area contributed by atoms with Gasteiger partial charge in [-0.15, -0.1) is 0 Å². The molecule has 0 unspecified atom stereocenters. The summed E-state index contributed by atoms with van der Waals surface area (Å²) in [6.07, 6.45) is 1.75. The van der Waals surface area contributed by atoms with Crippen LogP contribution in [-0.2, 0) is 6.54 Å². The van der Waals surface area contributed by atoms with Gasteiger partial charge in [-0.05, 0) is 29.8 Å². The number of methoxy groups -OCH3 is 1. The van der Waals surface area contributed by atoms with Crippen molar-refractivity contribution in [3.8, 4) is 5.75 Å². The molecule has 2 aromatic carbocycles. The van der Waals surface area contributed by atoms with Crippen LogP contribution in [0.1, 0.15) is 15.9 Å². The molecule has 0 radical (unpaired) electrons. The van der Waals surface area contributed by atoms with E-state index in [0.29, 0.717) is 12.1 Å². The van der Waals surface area contributed by atoms with E-state index in [1.54, 1.807) is 37.0 Å². The number of hydroxylamine groups is 1. The van der Waals surface area contributed by atoms with Gasteiger partial charge in [-0.25, -0.2) is 5.48 Å². The van der Waals surface area contributed by atoms with Crippen LogP contribution in [0.5, 0.6) is 5.75 Å². The molecular formula is C16H15N3O3. The molecule has 1 heterocycles. The van der Waals surface area contributed by atoms with E-state index >= 15 is 0 Å². The molecular weight excluding hydrogens is 282 g/mol. The van der Waals surface area contributed by atoms with Gasteiger partial charge < -0.3 is 4.74 Å². The Labute approximate surface area is 126 Å². The van der Waals surface area contributed by atoms with Gasteiger partial charge in [0.05, 0.1) is 25.4 Å². The van der Waals surface area contributed by atoms with Crippen LogP contribution in [-0.4, -0.2) is 28.0 Å². The molecule has 0 aliphatic carbocycles. The largest absolute Gasteiger partial charge is 0.497 e. The number of hydrogen-bond donors (Lipinski definition) is 2. The SMILES string of the molecule is COc1ccc(Cn2ncc3ccc(C(=O)NO)cc32)cc1. The molecule has 0 saturated carbocycles. The monoisotopic (exact) mass is 297 g/mol. The number of benzene rings is 2. The summed E-state index contributed by atoms with van der Waals surface area (Å²) in [6.45, 7) is 0.581. The molecule has 0 spiro atoms. The van der Waals surface area contributed by atoms with Crippen molar-refractivity contribution < 1.29 is 14.7 Å². The first-order valence-corrected chi connectivity index (χ1v) is 6.74. The topological polar surface area (TPSA) is 76.4 Å². The second-order valence-corrected chi connectivity index (χ2v) is 4.86. The third-order valence-electron chi connectivity index (χ3n) is 3.50. The molecule has 0 fully saturated rings. The predicted molar refractivity (Wildman–Crippen MR) is 81.1 cm³/mol. The average molecular weight is 297 g/mol. The smallest absolute Gasteiger partial charge is 0.274 e. The Hall–Kier alpha value is -2.86. The van der Waals surface area contributed by atoms with Crippen LogP contribution >= 0.6 is 0 Å². The maximum Gasteiger partial charge on any atom is 0.274 e. The first-order valence-electron chi connectivity index (χ1n) is 6.74. The van der Waals surface area contributed by atoms with Crippen LogP contribution in [0, 0.1) is 0 Å². The van der Waals surface area contributed by atoms with Crippen molar-refractivity contribution in [3.05, 3.63) is 59.8 Å². The minimum atomic E-state index is -0.543. The molecule has 0 atom stereocenters. The summed E-state index contributed by atoms with van der Waals surface area (Å²) in [5.74, 6) is 0.259. The highest BCUT2D eigenvalue weighted by Crippen LogP contribution is 2.18. The summed E-state index contributed by atoms with van der Waals surface area (Å²) in [6, 6.07) is 12.9. The van der Waals surface area contributed by atoms with Gasteiger partial charge in [0.15, 0.2) is 0 Å². The summed E-state index contributed by atoms with van der Waals surface area (Å²) >= 11 is 0. The number of carbonyl (C=O) groups is 1. The van der Waals surface area contributed by atoms with Crippen LogP contribution in [0.15, 0.2) is 48.7 Å². The molecule has 112 valence electrons. The number of nitrogens with zero attached hydrogens (tertiary/aromatic N) is 2. The summed E-state index contributed by atoms with van der Waals surface area (Å²) in [5, 5.41) is 14.0. The third-order valence-corrected chi connectivity index (χ3v) is 3.50. The van der Waals surface area contributed by atoms with Crippen LogP contribution < -0.4 is 10.2 Å². The molecule has 3 rings (SSSR count). The van der Waals surface area contributed by atoms with Gasteiger partial charge in [-0.2, -0.15) is 5.10 Å². The number of amides is 1. The van der Waals surface area contributed by atoms with E-state index in [2.05, 4.69) is 5.10 Å². The first kappa shape index (κ1) is 14.1. The van der Waals surface area contributed by atoms with Crippen molar-refractivity contribution in [1.29, 1.82) is 0 Å². The Balaban J connectivity index is 1.94. The van der Waals surface area contributed by atoms with Gasteiger partial charge in [-0.3, -0.25) is 14.7 Å². The minimum absolute atomic E-state index is 0.381. The van der Waals surface area contributed by atoms with Crippen molar-refractivity contribution in [2.24, 2.45) is 0 Å². The Bertz CT molecular complexity index is 809. The van der Waals surface area contributed by atoms with Crippen LogP contribution in [0.3, 0.4) is 0 Å². The zero-order valence-electron chi connectivity index (χ0n) is 12.0. The van der Waals surface area contributed by atoms with E-state index in [0.717, 1.165) is 22.2 Å². The second-order valence-electron chi connectivity index (χ2n) is 4.86. The van der Waals surface area contributed by atoms with Crippen LogP contribution in [0.4, 0.5) is 0 Å². The number of fused-ring (bicyclic) bond motifs is 1. The van der Waals surface area contributed by atoms with Gasteiger partial charge >= 0.3 is 0 Å². The van der Waals surface area contributed by atoms with Crippen molar-refractivity contribution in [2.75, 3.05) is 7.11 Å². The van der Waals surface area contributed by atoms with Crippen molar-refractivity contribution in [2.45, 2.75) is 6.54 Å². The fourth-order valence-corrected chi connectivity index (χ4v) is 2.31. The standard InChI is InChI=1S/C16H15N3O3/c1-22-14-6-2-11(3-7-14)10-19-15-8-12(16(20)18-21)4-5-13(15)9-17-19/h2-9,21H,10H2,1H3,(H,18,20). The van der Waals surface area contributed by atoms with Crippen molar-refractivity contribution in [1.82, 2.24) is 15.3 Å². The molecule has 0 aliphatic rings. The number of hydrogen-bond acceptors (Lipinski definition) is 4. The van der Waals surface area contributed by atoms with E-state index < -0.39 is 5.91 Å². The fourth-order valence-electron chi connectivity index (χ4n) is 2.31. The number of ether oxygens (including phenoxy) is 1. The lowest BCUT2D eigenvalue weighted by atomic mass is 10.1. The molecule has 2 N–H and O–H groups in total. The summed E-state index contributed by atoms with van der Waals surface area (Å²) in [4.78, 5) is 11.5. The Morgan fingerprint density at radius 2 is 2.05 bits per heavy atom. The van der Waals surface area contributed by atoms with Crippen molar-refractivity contribution in [3.63, 3.8) is 0 Å². The number of aromatic nitrogens is 2. The third kappa shape index (κ3) is 2.64. The number of nitrogens with one attached hydrogen (secondary N) is 1. The number of rotatable bonds is 4. The minimum Gasteiger partial charge on any atom is -0.497 e. The van der Waals surface area contributed by atoms with Gasteiger partial charge in [0, 0.05) is 10.9 Å². The average Bonchev–Trinajstić information content (AvgIpc) is 2.97. The molecule has 22 heavy (non-hydrogen) atoms. The normalized spacial score (nSPS) is 10.6. The van der Waals surface area contributed by atoms with Gasteiger partial charge in [0.1, 0.15) is 5.75 Å². The zero-order valence-corrected chi connectivity index (χ0v) is 12.0. The summed E-state index contributed by atoms with van der Waals surface area (Å²) in [5.41, 5.74) is 3.92. The molecule has 3 aromatic rings. The summed E-state index contributed by atoms with van der Waals surface area (Å²) < 4.78 is 6.95. The van der Waals surface area contributed by atoms with Gasteiger partial charge in [-0.1, -0.05) is 18.2 Å². The summed E-state index contributed by atoms with van der Waals surface area (Å²) in [7, 11) is 1.63. The highest BCUT2D eigenvalue weighted by atomic mass is 16.5. The molecule has 1 amide bonds. The molecule has 0 bridgehead atoms. The Morgan fingerprint density at radius 3 is 2.73 bits per heavy atom. The predicted octanol–water partition coefficient (Wildman–Crippen LogP) is 2.21. The second kappa shape index (κ2) is 5.87. The molecule has 0 aliphatic heterocycles. The van der Waals surface area contributed by atoms with E-state index in [4.69, 9.17) is 9.94 Å². The maximum atomic E-state index is 11.5. The van der Waals surface area contributed by atoms with Crippen LogP contribution in [0.25, 0.3) is 10.9 Å². The Kier molecular flexibility index (Phi) is 3.76. The number of carbonyl (C=O) groups excluding carboxylic acids is 1. The van der Waals surface area contributed by atoms with Gasteiger partial charge in [0.25, 0.3) is 5.91 Å². The highest BCUT2D eigenvalue weighted by molar-refractivity contribution is 5.97. The molecule has 6 nitrogen and oxygen atoms in total. The quantitative estimate of drug-likeness (QED) is 0.572. The van der Waals surface area contributed by atoms with E-state index in [9.17, 15) is 4.79 Å². The molecule has 0 saturated heterocycles. The van der Waals surface area contributed by atoms with E-state index in [-0.39, 0.29) is 0 Å². The lowest BCUT2D eigenvalue weighted by molar-refractivity contribution is 0.0706. The van der Waals surface area contributed by atoms with Gasteiger partial charge in [0.2, 0.25) is 0 Å². The fraction of sp³-hybridized carbons (Fsp3) is 0.125. The van der Waals surface area contributed by atoms with E-state index in [1.807, 2.05) is 28.9 Å². The molecule has 1 aromatic heterocycles. The highest BCUT2D eigenvalue weighted by Gasteiger charge is 2.09. The Morgan fingerprint density at radius 1 is 1.27 bits per heavy atom. The lowest BCUT2D eigenvalue weighted by Gasteiger charge is -2.06. The van der Waals surface area contributed by atoms with Crippen LogP contribution in [0.2, 0.25) is 0 Å². The first-order chi connectivity index (χ1) is 10.7. The zero-order chi connectivity index (χ0) is 15.5. The maximum absolute atomic E-state index is 11.5.